The second kappa shape index (κ2) is 8.97. The second-order valence-electron chi connectivity index (χ2n) is 5.88. The van der Waals surface area contributed by atoms with Crippen LogP contribution in [0.25, 0.3) is 0 Å². The lowest BCUT2D eigenvalue weighted by Crippen LogP contribution is -2.48. The fourth-order valence-corrected chi connectivity index (χ4v) is 2.56. The molecule has 0 aliphatic rings. The molecule has 2 amide bonds. The molecule has 0 radical (unpaired) electrons. The van der Waals surface area contributed by atoms with Crippen LogP contribution in [0, 0.1) is 5.82 Å². The number of nitrogens with one attached hydrogen (secondary N) is 1. The van der Waals surface area contributed by atoms with Crippen molar-refractivity contribution < 1.29 is 14.0 Å². The van der Waals surface area contributed by atoms with Crippen LogP contribution >= 0.6 is 0 Å². The molecule has 132 valence electrons. The third-order valence-corrected chi connectivity index (χ3v) is 3.98. The number of nitrogens with zero attached hydrogens (tertiary/aromatic N) is 1. The van der Waals surface area contributed by atoms with Crippen LogP contribution in [0.4, 0.5) is 4.39 Å². The normalized spacial score (nSPS) is 11.6. The zero-order valence-electron chi connectivity index (χ0n) is 14.5. The molecule has 0 aliphatic carbocycles. The van der Waals surface area contributed by atoms with E-state index in [9.17, 15) is 14.0 Å². The third-order valence-electron chi connectivity index (χ3n) is 3.98. The Kier molecular flexibility index (Phi) is 6.69. The van der Waals surface area contributed by atoms with Crippen LogP contribution in [-0.4, -0.2) is 29.3 Å². The first-order chi connectivity index (χ1) is 12.0. The van der Waals surface area contributed by atoms with Gasteiger partial charge in [-0.1, -0.05) is 42.5 Å². The maximum Gasteiger partial charge on any atom is 0.242 e. The number of carbonyl (C=O) groups excluding carboxylic acids is 2. The van der Waals surface area contributed by atoms with Gasteiger partial charge >= 0.3 is 0 Å². The summed E-state index contributed by atoms with van der Waals surface area (Å²) in [5.74, 6) is -0.701. The number of likely N-dealkylation sites (N-methyl/N-ethyl adjacent to an activating group) is 1. The molecule has 0 bridgehead atoms. The highest BCUT2D eigenvalue weighted by atomic mass is 19.1. The number of benzene rings is 2. The van der Waals surface area contributed by atoms with Gasteiger partial charge in [0, 0.05) is 13.1 Å². The monoisotopic (exact) mass is 342 g/mol. The fraction of sp³-hybridized carbons (Fsp3) is 0.300. The summed E-state index contributed by atoms with van der Waals surface area (Å²) in [4.78, 5) is 26.6. The molecule has 0 unspecified atom stereocenters. The lowest BCUT2D eigenvalue weighted by molar-refractivity contribution is -0.140. The van der Waals surface area contributed by atoms with E-state index in [1.165, 1.54) is 12.1 Å². The van der Waals surface area contributed by atoms with E-state index in [0.717, 1.165) is 5.56 Å². The largest absolute Gasteiger partial charge is 0.355 e. The Morgan fingerprint density at radius 3 is 2.28 bits per heavy atom. The Hall–Kier alpha value is -2.69. The highest BCUT2D eigenvalue weighted by Crippen LogP contribution is 2.13. The van der Waals surface area contributed by atoms with E-state index in [1.54, 1.807) is 24.0 Å². The summed E-state index contributed by atoms with van der Waals surface area (Å²) in [6.07, 6.45) is 0.122. The lowest BCUT2D eigenvalue weighted by Gasteiger charge is -2.28. The lowest BCUT2D eigenvalue weighted by atomic mass is 10.1. The van der Waals surface area contributed by atoms with Gasteiger partial charge in [0.25, 0.3) is 0 Å². The van der Waals surface area contributed by atoms with Crippen LogP contribution in [0.3, 0.4) is 0 Å². The van der Waals surface area contributed by atoms with Crippen LogP contribution in [0.1, 0.15) is 25.0 Å². The van der Waals surface area contributed by atoms with E-state index in [1.807, 2.05) is 37.3 Å². The van der Waals surface area contributed by atoms with Crippen molar-refractivity contribution >= 4 is 11.8 Å². The van der Waals surface area contributed by atoms with Crippen LogP contribution < -0.4 is 5.32 Å². The van der Waals surface area contributed by atoms with Gasteiger partial charge < -0.3 is 10.2 Å². The first-order valence-electron chi connectivity index (χ1n) is 8.36. The molecular formula is C20H23FN2O2. The van der Waals surface area contributed by atoms with Gasteiger partial charge in [-0.3, -0.25) is 9.59 Å². The average molecular weight is 342 g/mol. The van der Waals surface area contributed by atoms with Crippen molar-refractivity contribution in [2.75, 3.05) is 6.54 Å². The maximum atomic E-state index is 13.0. The maximum absolute atomic E-state index is 13.0. The second-order valence-corrected chi connectivity index (χ2v) is 5.88. The topological polar surface area (TPSA) is 49.4 Å². The molecule has 2 rings (SSSR count). The predicted octanol–water partition coefficient (Wildman–Crippen LogP) is 2.92. The molecule has 4 nitrogen and oxygen atoms in total. The van der Waals surface area contributed by atoms with E-state index in [-0.39, 0.29) is 24.1 Å². The molecule has 5 heteroatoms. The quantitative estimate of drug-likeness (QED) is 0.841. The summed E-state index contributed by atoms with van der Waals surface area (Å²) in [7, 11) is 0. The molecule has 0 spiro atoms. The minimum atomic E-state index is -0.590. The van der Waals surface area contributed by atoms with E-state index in [2.05, 4.69) is 5.32 Å². The van der Waals surface area contributed by atoms with Gasteiger partial charge in [0.2, 0.25) is 11.8 Å². The molecule has 0 saturated heterocycles. The van der Waals surface area contributed by atoms with Crippen LogP contribution in [-0.2, 0) is 22.6 Å². The average Bonchev–Trinajstić information content (AvgIpc) is 2.62. The molecule has 0 aliphatic heterocycles. The van der Waals surface area contributed by atoms with Crippen molar-refractivity contribution in [3.05, 3.63) is 71.5 Å². The molecule has 25 heavy (non-hydrogen) atoms. The molecule has 0 heterocycles. The number of carbonyl (C=O) groups is 2. The summed E-state index contributed by atoms with van der Waals surface area (Å²) >= 11 is 0. The minimum absolute atomic E-state index is 0.122. The van der Waals surface area contributed by atoms with Crippen molar-refractivity contribution in [3.8, 4) is 0 Å². The number of amides is 2. The van der Waals surface area contributed by atoms with Crippen molar-refractivity contribution in [3.63, 3.8) is 0 Å². The summed E-state index contributed by atoms with van der Waals surface area (Å²) in [5, 5.41) is 2.76. The highest BCUT2D eigenvalue weighted by molar-refractivity contribution is 5.88. The Morgan fingerprint density at radius 2 is 1.68 bits per heavy atom. The highest BCUT2D eigenvalue weighted by Gasteiger charge is 2.25. The molecular weight excluding hydrogens is 319 g/mol. The number of hydrogen-bond donors (Lipinski definition) is 1. The van der Waals surface area contributed by atoms with Gasteiger partial charge in [-0.15, -0.1) is 0 Å². The Morgan fingerprint density at radius 1 is 1.04 bits per heavy atom. The number of halogens is 1. The smallest absolute Gasteiger partial charge is 0.242 e. The van der Waals surface area contributed by atoms with Gasteiger partial charge in [0.15, 0.2) is 0 Å². The van der Waals surface area contributed by atoms with Gasteiger partial charge in [0.05, 0.1) is 6.42 Å². The van der Waals surface area contributed by atoms with Crippen LogP contribution in [0.15, 0.2) is 54.6 Å². The molecule has 2 aromatic carbocycles. The number of rotatable bonds is 7. The summed E-state index contributed by atoms with van der Waals surface area (Å²) in [5.41, 5.74) is 1.67. The van der Waals surface area contributed by atoms with E-state index in [4.69, 9.17) is 0 Å². The van der Waals surface area contributed by atoms with Gasteiger partial charge in [-0.2, -0.15) is 0 Å². The minimum Gasteiger partial charge on any atom is -0.355 e. The van der Waals surface area contributed by atoms with Gasteiger partial charge in [-0.25, -0.2) is 4.39 Å². The molecule has 1 atom stereocenters. The van der Waals surface area contributed by atoms with Gasteiger partial charge in [-0.05, 0) is 37.1 Å². The van der Waals surface area contributed by atoms with Gasteiger partial charge in [0.1, 0.15) is 11.9 Å². The zero-order chi connectivity index (χ0) is 18.2. The molecule has 0 aromatic heterocycles. The molecule has 0 fully saturated rings. The van der Waals surface area contributed by atoms with Crippen molar-refractivity contribution in [2.24, 2.45) is 0 Å². The van der Waals surface area contributed by atoms with E-state index >= 15 is 0 Å². The predicted molar refractivity (Wildman–Crippen MR) is 95.2 cm³/mol. The van der Waals surface area contributed by atoms with Crippen LogP contribution in [0.5, 0.6) is 0 Å². The van der Waals surface area contributed by atoms with E-state index < -0.39 is 6.04 Å². The van der Waals surface area contributed by atoms with Crippen LogP contribution in [0.2, 0.25) is 0 Å². The van der Waals surface area contributed by atoms with Crippen molar-refractivity contribution in [2.45, 2.75) is 32.9 Å². The molecule has 2 aromatic rings. The van der Waals surface area contributed by atoms with Crippen molar-refractivity contribution in [1.82, 2.24) is 10.2 Å². The fourth-order valence-electron chi connectivity index (χ4n) is 2.56. The first kappa shape index (κ1) is 18.6. The third kappa shape index (κ3) is 5.41. The Bertz CT molecular complexity index is 701. The summed E-state index contributed by atoms with van der Waals surface area (Å²) in [6.45, 7) is 4.41. The zero-order valence-corrected chi connectivity index (χ0v) is 14.5. The molecule has 1 N–H and O–H groups in total. The molecule has 0 saturated carbocycles. The Labute approximate surface area is 147 Å². The van der Waals surface area contributed by atoms with E-state index in [0.29, 0.717) is 18.7 Å². The standard InChI is InChI=1S/C20H23FN2O2/c1-3-22-20(25)15(2)23(14-17-7-5-4-6-8-17)19(24)13-16-9-11-18(21)12-10-16/h4-12,15H,3,13-14H2,1-2H3,(H,22,25)/t15-/m0/s1. The van der Waals surface area contributed by atoms with Crippen molar-refractivity contribution in [1.29, 1.82) is 0 Å². The summed E-state index contributed by atoms with van der Waals surface area (Å²) in [6, 6.07) is 14.8. The SMILES string of the molecule is CCNC(=O)[C@H](C)N(Cc1ccccc1)C(=O)Cc1ccc(F)cc1. The number of hydrogen-bond acceptors (Lipinski definition) is 2. The summed E-state index contributed by atoms with van der Waals surface area (Å²) < 4.78 is 13.0. The first-order valence-corrected chi connectivity index (χ1v) is 8.36. The Balaban J connectivity index is 2.18.